The normalized spacial score (nSPS) is 10.4. The third-order valence-corrected chi connectivity index (χ3v) is 5.88. The van der Waals surface area contributed by atoms with Gasteiger partial charge < -0.3 is 9.16 Å². The molecule has 2 nitrogen and oxygen atoms in total. The fourth-order valence-corrected chi connectivity index (χ4v) is 4.35. The predicted molar refractivity (Wildman–Crippen MR) is 101 cm³/mol. The van der Waals surface area contributed by atoms with Gasteiger partial charge in [0.1, 0.15) is 11.5 Å². The average Bonchev–Trinajstić information content (AvgIpc) is 2.67. The van der Waals surface area contributed by atoms with Crippen molar-refractivity contribution in [2.24, 2.45) is 0 Å². The minimum Gasteiger partial charge on any atom is -0.533 e. The molecule has 0 atom stereocenters. The molecule has 0 amide bonds. The van der Waals surface area contributed by atoms with Gasteiger partial charge in [-0.25, -0.2) is 0 Å². The molecule has 0 aliphatic rings. The Labute approximate surface area is 144 Å². The molecular formula is C21H19O2Si. The van der Waals surface area contributed by atoms with Gasteiger partial charge in [-0.15, -0.1) is 0 Å². The highest BCUT2D eigenvalue weighted by Gasteiger charge is 2.22. The summed E-state index contributed by atoms with van der Waals surface area (Å²) in [6.45, 7) is 4.13. The minimum atomic E-state index is -1.39. The van der Waals surface area contributed by atoms with Crippen LogP contribution in [0.25, 0.3) is 5.76 Å². The van der Waals surface area contributed by atoms with Crippen molar-refractivity contribution in [3.05, 3.63) is 97.1 Å². The highest BCUT2D eigenvalue weighted by Crippen LogP contribution is 2.19. The number of hydrogen-bond donors (Lipinski definition) is 0. The second kappa shape index (κ2) is 7.66. The van der Waals surface area contributed by atoms with Gasteiger partial charge in [-0.3, -0.25) is 0 Å². The number of rotatable bonds is 6. The van der Waals surface area contributed by atoms with E-state index in [1.807, 2.05) is 60.7 Å². The topological polar surface area (TPSA) is 18.5 Å². The molecule has 0 aliphatic carbocycles. The monoisotopic (exact) mass is 331 g/mol. The van der Waals surface area contributed by atoms with Gasteiger partial charge in [0.2, 0.25) is 0 Å². The summed E-state index contributed by atoms with van der Waals surface area (Å²) in [6.07, 6.45) is 0. The zero-order valence-corrected chi connectivity index (χ0v) is 14.6. The van der Waals surface area contributed by atoms with E-state index in [0.29, 0.717) is 5.76 Å². The number of benzene rings is 3. The molecule has 0 fully saturated rings. The van der Waals surface area contributed by atoms with Gasteiger partial charge >= 0.3 is 9.04 Å². The van der Waals surface area contributed by atoms with Crippen LogP contribution in [-0.2, 0) is 4.43 Å². The maximum Gasteiger partial charge on any atom is 0.352 e. The first-order valence-electron chi connectivity index (χ1n) is 7.77. The van der Waals surface area contributed by atoms with Crippen molar-refractivity contribution in [1.29, 1.82) is 0 Å². The van der Waals surface area contributed by atoms with Crippen LogP contribution in [0.4, 0.5) is 0 Å². The smallest absolute Gasteiger partial charge is 0.352 e. The van der Waals surface area contributed by atoms with Crippen LogP contribution in [0.15, 0.2) is 91.5 Å². The van der Waals surface area contributed by atoms with Crippen molar-refractivity contribution in [2.75, 3.05) is 7.11 Å². The van der Waals surface area contributed by atoms with Crippen LogP contribution in [0, 0.1) is 0 Å². The van der Waals surface area contributed by atoms with E-state index >= 15 is 0 Å². The standard InChI is InChI=1S/C21H19O2Si/c1-17(18-13-15-19(22-2)16-14-18)23-24(20-9-5-3-6-10-20)21-11-7-4-8-12-21/h3-16H,1H2,2H3. The van der Waals surface area contributed by atoms with E-state index in [-0.39, 0.29) is 0 Å². The highest BCUT2D eigenvalue weighted by atomic mass is 28.3. The molecule has 3 aromatic rings. The van der Waals surface area contributed by atoms with Gasteiger partial charge in [0.25, 0.3) is 0 Å². The molecule has 0 unspecified atom stereocenters. The maximum atomic E-state index is 6.35. The first-order valence-corrected chi connectivity index (χ1v) is 9.18. The van der Waals surface area contributed by atoms with Gasteiger partial charge in [0, 0.05) is 5.56 Å². The van der Waals surface area contributed by atoms with Crippen LogP contribution >= 0.6 is 0 Å². The summed E-state index contributed by atoms with van der Waals surface area (Å²) in [5, 5.41) is 2.40. The van der Waals surface area contributed by atoms with E-state index in [1.165, 1.54) is 10.4 Å². The summed E-state index contributed by atoms with van der Waals surface area (Å²) in [7, 11) is 0.267. The lowest BCUT2D eigenvalue weighted by atomic mass is 10.2. The lowest BCUT2D eigenvalue weighted by molar-refractivity contribution is 0.414. The van der Waals surface area contributed by atoms with Gasteiger partial charge in [-0.05, 0) is 34.6 Å². The second-order valence-corrected chi connectivity index (χ2v) is 7.33. The van der Waals surface area contributed by atoms with Crippen LogP contribution in [0.3, 0.4) is 0 Å². The van der Waals surface area contributed by atoms with Gasteiger partial charge in [0.15, 0.2) is 0 Å². The third kappa shape index (κ3) is 3.75. The summed E-state index contributed by atoms with van der Waals surface area (Å²) in [5.74, 6) is 1.50. The lowest BCUT2D eigenvalue weighted by Gasteiger charge is -2.19. The zero-order chi connectivity index (χ0) is 16.8. The van der Waals surface area contributed by atoms with Crippen LogP contribution in [0.2, 0.25) is 0 Å². The van der Waals surface area contributed by atoms with Crippen molar-refractivity contribution < 1.29 is 9.16 Å². The van der Waals surface area contributed by atoms with E-state index in [9.17, 15) is 0 Å². The summed E-state index contributed by atoms with van der Waals surface area (Å²) in [4.78, 5) is 0. The Kier molecular flexibility index (Phi) is 5.14. The SMILES string of the molecule is C=C(O[Si](c1ccccc1)c1ccccc1)c1ccc(OC)cc1. The van der Waals surface area contributed by atoms with Crippen molar-refractivity contribution in [3.8, 4) is 5.75 Å². The average molecular weight is 331 g/mol. The fourth-order valence-electron chi connectivity index (χ4n) is 2.42. The molecule has 3 rings (SSSR count). The van der Waals surface area contributed by atoms with E-state index in [4.69, 9.17) is 9.16 Å². The Morgan fingerprint density at radius 2 is 1.25 bits per heavy atom. The molecule has 24 heavy (non-hydrogen) atoms. The molecule has 0 heterocycles. The first-order chi connectivity index (χ1) is 11.8. The minimum absolute atomic E-state index is 0.680. The van der Waals surface area contributed by atoms with Gasteiger partial charge in [-0.2, -0.15) is 0 Å². The molecule has 0 bridgehead atoms. The van der Waals surface area contributed by atoms with Gasteiger partial charge in [0.05, 0.1) is 7.11 Å². The maximum absolute atomic E-state index is 6.35. The van der Waals surface area contributed by atoms with Crippen molar-refractivity contribution in [2.45, 2.75) is 0 Å². The summed E-state index contributed by atoms with van der Waals surface area (Å²) in [5.41, 5.74) is 0.963. The Morgan fingerprint density at radius 3 is 1.71 bits per heavy atom. The molecule has 1 radical (unpaired) electrons. The number of hydrogen-bond acceptors (Lipinski definition) is 2. The number of ether oxygens (including phenoxy) is 1. The molecule has 3 aromatic carbocycles. The summed E-state index contributed by atoms with van der Waals surface area (Å²) >= 11 is 0. The Hall–Kier alpha value is -2.78. The van der Waals surface area contributed by atoms with Gasteiger partial charge in [-0.1, -0.05) is 67.2 Å². The third-order valence-electron chi connectivity index (χ3n) is 3.71. The fraction of sp³-hybridized carbons (Fsp3) is 0.0476. The molecule has 0 saturated heterocycles. The molecule has 0 aliphatic heterocycles. The highest BCUT2D eigenvalue weighted by molar-refractivity contribution is 6.80. The van der Waals surface area contributed by atoms with Crippen LogP contribution in [0.1, 0.15) is 5.56 Å². The Balaban J connectivity index is 1.87. The van der Waals surface area contributed by atoms with E-state index < -0.39 is 9.04 Å². The molecule has 3 heteroatoms. The molecule has 0 spiro atoms. The number of methoxy groups -OCH3 is 1. The molecular weight excluding hydrogens is 312 g/mol. The molecule has 119 valence electrons. The van der Waals surface area contributed by atoms with E-state index in [0.717, 1.165) is 11.3 Å². The molecule has 0 aromatic heterocycles. The molecule has 0 N–H and O–H groups in total. The van der Waals surface area contributed by atoms with Crippen molar-refractivity contribution in [3.63, 3.8) is 0 Å². The largest absolute Gasteiger partial charge is 0.533 e. The summed E-state index contributed by atoms with van der Waals surface area (Å²) in [6, 6.07) is 28.4. The zero-order valence-electron chi connectivity index (χ0n) is 13.6. The second-order valence-electron chi connectivity index (χ2n) is 5.31. The van der Waals surface area contributed by atoms with Crippen LogP contribution < -0.4 is 15.1 Å². The quantitative estimate of drug-likeness (QED) is 0.508. The van der Waals surface area contributed by atoms with Crippen molar-refractivity contribution in [1.82, 2.24) is 0 Å². The van der Waals surface area contributed by atoms with E-state index in [1.54, 1.807) is 7.11 Å². The first kappa shape index (κ1) is 16.1. The van der Waals surface area contributed by atoms with Crippen molar-refractivity contribution >= 4 is 25.2 Å². The van der Waals surface area contributed by atoms with Crippen LogP contribution in [-0.4, -0.2) is 16.2 Å². The Morgan fingerprint density at radius 1 is 0.750 bits per heavy atom. The predicted octanol–water partition coefficient (Wildman–Crippen LogP) is 3.49. The summed E-state index contributed by atoms with van der Waals surface area (Å²) < 4.78 is 11.6. The lowest BCUT2D eigenvalue weighted by Crippen LogP contribution is -2.44. The Bertz CT molecular complexity index is 744. The van der Waals surface area contributed by atoms with E-state index in [2.05, 4.69) is 30.8 Å². The van der Waals surface area contributed by atoms with Crippen LogP contribution in [0.5, 0.6) is 5.75 Å². The molecule has 0 saturated carbocycles.